The van der Waals surface area contributed by atoms with Crippen LogP contribution in [0.4, 0.5) is 0 Å². The number of aromatic nitrogens is 2. The number of likely N-dealkylation sites (tertiary alicyclic amines) is 1. The molecule has 102 valence electrons. The molecule has 0 spiro atoms. The number of nitrogens with zero attached hydrogens (tertiary/aromatic N) is 3. The van der Waals surface area contributed by atoms with Crippen molar-refractivity contribution in [2.45, 2.75) is 32.7 Å². The molecule has 2 rings (SSSR count). The fraction of sp³-hybridized carbons (Fsp3) is 0.786. The topological polar surface area (TPSA) is 33.1 Å². The number of imidazole rings is 1. The third-order valence-electron chi connectivity index (χ3n) is 4.27. The van der Waals surface area contributed by atoms with E-state index in [9.17, 15) is 0 Å². The van der Waals surface area contributed by atoms with Crippen LogP contribution in [0.5, 0.6) is 0 Å². The molecular formula is C14H26N4. The molecule has 1 atom stereocenters. The van der Waals surface area contributed by atoms with E-state index in [1.807, 2.05) is 12.4 Å². The van der Waals surface area contributed by atoms with Gasteiger partial charge in [-0.1, -0.05) is 6.92 Å². The Labute approximate surface area is 110 Å². The minimum Gasteiger partial charge on any atom is -0.337 e. The molecule has 1 aromatic rings. The lowest BCUT2D eigenvalue weighted by Crippen LogP contribution is -2.42. The average Bonchev–Trinajstić information content (AvgIpc) is 2.77. The Bertz CT molecular complexity index is 377. The summed E-state index contributed by atoms with van der Waals surface area (Å²) in [5, 5.41) is 3.65. The molecule has 0 radical (unpaired) electrons. The summed E-state index contributed by atoms with van der Waals surface area (Å²) in [7, 11) is 4.27. The molecule has 4 heteroatoms. The highest BCUT2D eigenvalue weighted by molar-refractivity contribution is 4.97. The second kappa shape index (κ2) is 5.41. The summed E-state index contributed by atoms with van der Waals surface area (Å²) in [5.41, 5.74) is 0.436. The second-order valence-electron chi connectivity index (χ2n) is 6.11. The summed E-state index contributed by atoms with van der Waals surface area (Å²) >= 11 is 0. The zero-order valence-electron chi connectivity index (χ0n) is 12.1. The van der Waals surface area contributed by atoms with Gasteiger partial charge in [0.1, 0.15) is 5.82 Å². The van der Waals surface area contributed by atoms with Crippen molar-refractivity contribution in [2.24, 2.45) is 12.5 Å². The lowest BCUT2D eigenvalue weighted by molar-refractivity contribution is 0.133. The fourth-order valence-corrected chi connectivity index (χ4v) is 2.62. The minimum absolute atomic E-state index is 0.321. The highest BCUT2D eigenvalue weighted by Gasteiger charge is 2.29. The van der Waals surface area contributed by atoms with E-state index in [0.717, 1.165) is 12.4 Å². The fourth-order valence-electron chi connectivity index (χ4n) is 2.62. The lowest BCUT2D eigenvalue weighted by atomic mass is 9.80. The summed E-state index contributed by atoms with van der Waals surface area (Å²) < 4.78 is 2.09. The number of hydrogen-bond acceptors (Lipinski definition) is 3. The van der Waals surface area contributed by atoms with Crippen molar-refractivity contribution in [1.29, 1.82) is 0 Å². The maximum absolute atomic E-state index is 4.41. The van der Waals surface area contributed by atoms with Crippen molar-refractivity contribution in [3.63, 3.8) is 0 Å². The van der Waals surface area contributed by atoms with Crippen LogP contribution in [0.3, 0.4) is 0 Å². The number of piperidine rings is 1. The first kappa shape index (κ1) is 13.6. The summed E-state index contributed by atoms with van der Waals surface area (Å²) in [5.74, 6) is 1.12. The molecule has 0 bridgehead atoms. The maximum atomic E-state index is 4.41. The van der Waals surface area contributed by atoms with Crippen molar-refractivity contribution in [1.82, 2.24) is 19.8 Å². The SMILES string of the molecule is CC(NCC1(C)CCN(C)CC1)c1nccn1C. The van der Waals surface area contributed by atoms with E-state index in [0.29, 0.717) is 11.5 Å². The van der Waals surface area contributed by atoms with Crippen LogP contribution in [0.15, 0.2) is 12.4 Å². The molecule has 1 aliphatic heterocycles. The van der Waals surface area contributed by atoms with Crippen molar-refractivity contribution in [2.75, 3.05) is 26.7 Å². The van der Waals surface area contributed by atoms with Crippen molar-refractivity contribution in [3.8, 4) is 0 Å². The quantitative estimate of drug-likeness (QED) is 0.884. The van der Waals surface area contributed by atoms with Gasteiger partial charge in [0.05, 0.1) is 6.04 Å². The molecule has 1 aromatic heterocycles. The molecule has 18 heavy (non-hydrogen) atoms. The van der Waals surface area contributed by atoms with Crippen molar-refractivity contribution < 1.29 is 0 Å². The highest BCUT2D eigenvalue weighted by Crippen LogP contribution is 2.30. The van der Waals surface area contributed by atoms with Gasteiger partial charge in [-0.3, -0.25) is 0 Å². The molecule has 1 aliphatic rings. The third kappa shape index (κ3) is 3.12. The Balaban J connectivity index is 1.86. The van der Waals surface area contributed by atoms with Crippen molar-refractivity contribution >= 4 is 0 Å². The Kier molecular flexibility index (Phi) is 4.07. The molecule has 1 saturated heterocycles. The van der Waals surface area contributed by atoms with E-state index in [1.165, 1.54) is 25.9 Å². The van der Waals surface area contributed by atoms with Gasteiger partial charge in [-0.2, -0.15) is 0 Å². The first-order valence-corrected chi connectivity index (χ1v) is 6.89. The summed E-state index contributed by atoms with van der Waals surface area (Å²) in [4.78, 5) is 6.83. The Morgan fingerprint density at radius 1 is 1.39 bits per heavy atom. The molecule has 4 nitrogen and oxygen atoms in total. The Morgan fingerprint density at radius 2 is 2.06 bits per heavy atom. The lowest BCUT2D eigenvalue weighted by Gasteiger charge is -2.38. The normalized spacial score (nSPS) is 22.0. The monoisotopic (exact) mass is 250 g/mol. The molecule has 2 heterocycles. The number of hydrogen-bond donors (Lipinski definition) is 1. The number of nitrogens with one attached hydrogen (secondary N) is 1. The van der Waals surface area contributed by atoms with Crippen LogP contribution in [-0.4, -0.2) is 41.1 Å². The average molecular weight is 250 g/mol. The van der Waals surface area contributed by atoms with E-state index >= 15 is 0 Å². The van der Waals surface area contributed by atoms with Crippen LogP contribution in [0.1, 0.15) is 38.6 Å². The van der Waals surface area contributed by atoms with Gasteiger partial charge in [-0.15, -0.1) is 0 Å². The molecule has 0 amide bonds. The molecular weight excluding hydrogens is 224 g/mol. The zero-order chi connectivity index (χ0) is 13.2. The van der Waals surface area contributed by atoms with Crippen LogP contribution in [0, 0.1) is 5.41 Å². The summed E-state index contributed by atoms with van der Waals surface area (Å²) in [6.45, 7) is 8.11. The Hall–Kier alpha value is -0.870. The van der Waals surface area contributed by atoms with E-state index in [2.05, 4.69) is 47.7 Å². The van der Waals surface area contributed by atoms with Crippen LogP contribution in [0.2, 0.25) is 0 Å². The van der Waals surface area contributed by atoms with Crippen LogP contribution in [0.25, 0.3) is 0 Å². The first-order valence-electron chi connectivity index (χ1n) is 6.89. The van der Waals surface area contributed by atoms with E-state index < -0.39 is 0 Å². The van der Waals surface area contributed by atoms with Gasteiger partial charge < -0.3 is 14.8 Å². The van der Waals surface area contributed by atoms with E-state index in [-0.39, 0.29) is 0 Å². The molecule has 1 unspecified atom stereocenters. The van der Waals surface area contributed by atoms with E-state index in [4.69, 9.17) is 0 Å². The number of rotatable bonds is 4. The molecule has 1 fully saturated rings. The van der Waals surface area contributed by atoms with Crippen LogP contribution in [-0.2, 0) is 7.05 Å². The Morgan fingerprint density at radius 3 is 2.61 bits per heavy atom. The molecule has 0 aromatic carbocycles. The van der Waals surface area contributed by atoms with Gasteiger partial charge in [0.25, 0.3) is 0 Å². The molecule has 1 N–H and O–H groups in total. The van der Waals surface area contributed by atoms with Crippen LogP contribution >= 0.6 is 0 Å². The minimum atomic E-state index is 0.321. The van der Waals surface area contributed by atoms with Gasteiger partial charge in [-0.25, -0.2) is 4.98 Å². The maximum Gasteiger partial charge on any atom is 0.125 e. The predicted molar refractivity (Wildman–Crippen MR) is 74.5 cm³/mol. The third-order valence-corrected chi connectivity index (χ3v) is 4.27. The van der Waals surface area contributed by atoms with Gasteiger partial charge >= 0.3 is 0 Å². The smallest absolute Gasteiger partial charge is 0.125 e. The van der Waals surface area contributed by atoms with Gasteiger partial charge in [-0.05, 0) is 45.3 Å². The summed E-state index contributed by atoms with van der Waals surface area (Å²) in [6, 6.07) is 0.321. The van der Waals surface area contributed by atoms with Gasteiger partial charge in [0, 0.05) is 26.0 Å². The number of aryl methyl sites for hydroxylation is 1. The highest BCUT2D eigenvalue weighted by atomic mass is 15.1. The molecule has 0 aliphatic carbocycles. The molecule has 0 saturated carbocycles. The van der Waals surface area contributed by atoms with Crippen molar-refractivity contribution in [3.05, 3.63) is 18.2 Å². The predicted octanol–water partition coefficient (Wildman–Crippen LogP) is 1.80. The largest absolute Gasteiger partial charge is 0.337 e. The zero-order valence-corrected chi connectivity index (χ0v) is 12.1. The first-order chi connectivity index (χ1) is 8.50. The van der Waals surface area contributed by atoms with E-state index in [1.54, 1.807) is 0 Å². The summed E-state index contributed by atoms with van der Waals surface area (Å²) in [6.07, 6.45) is 6.43. The standard InChI is InChI=1S/C14H26N4/c1-12(13-15-7-10-18(13)4)16-11-14(2)5-8-17(3)9-6-14/h7,10,12,16H,5-6,8-9,11H2,1-4H3. The van der Waals surface area contributed by atoms with Crippen LogP contribution < -0.4 is 5.32 Å². The second-order valence-corrected chi connectivity index (χ2v) is 6.11. The van der Waals surface area contributed by atoms with Gasteiger partial charge in [0.15, 0.2) is 0 Å². The van der Waals surface area contributed by atoms with Gasteiger partial charge in [0.2, 0.25) is 0 Å².